The number of amides is 2. The van der Waals surface area contributed by atoms with Crippen LogP contribution in [0.15, 0.2) is 48.5 Å². The number of anilines is 2. The van der Waals surface area contributed by atoms with E-state index in [0.717, 1.165) is 35.8 Å². The van der Waals surface area contributed by atoms with Crippen LogP contribution in [0.5, 0.6) is 11.5 Å². The number of carbonyl (C=O) groups is 2. The van der Waals surface area contributed by atoms with Gasteiger partial charge in [-0.25, -0.2) is 4.98 Å². The maximum absolute atomic E-state index is 12.8. The van der Waals surface area contributed by atoms with Gasteiger partial charge in [0.2, 0.25) is 5.91 Å². The van der Waals surface area contributed by atoms with Crippen molar-refractivity contribution in [2.45, 2.75) is 32.9 Å². The van der Waals surface area contributed by atoms with Gasteiger partial charge in [-0.3, -0.25) is 9.59 Å². The van der Waals surface area contributed by atoms with Crippen molar-refractivity contribution >= 4 is 34.0 Å². The molecule has 0 bridgehead atoms. The molecule has 4 rings (SSSR count). The van der Waals surface area contributed by atoms with Gasteiger partial charge in [0.1, 0.15) is 29.1 Å². The molecule has 2 aromatic carbocycles. The molecule has 196 valence electrons. The van der Waals surface area contributed by atoms with E-state index < -0.39 is 0 Å². The quantitative estimate of drug-likeness (QED) is 0.363. The second-order valence-electron chi connectivity index (χ2n) is 8.86. The fraction of sp³-hybridized carbons (Fsp3) is 0.370. The van der Waals surface area contributed by atoms with Gasteiger partial charge in [0.05, 0.1) is 31.4 Å². The van der Waals surface area contributed by atoms with E-state index in [1.807, 2.05) is 43.3 Å². The molecule has 2 N–H and O–H groups in total. The second kappa shape index (κ2) is 12.1. The van der Waals surface area contributed by atoms with Crippen LogP contribution in [0, 0.1) is 6.92 Å². The van der Waals surface area contributed by atoms with E-state index in [0.29, 0.717) is 28.9 Å². The standard InChI is InChI=1S/C27H32N4O5S/c1-17(28-26(33)25-18(2)29-27(37-25)30-19(3)32)20-5-7-21(8-6-20)31-15-24(16-31)36-23-11-9-22(10-12-23)35-14-13-34-4/h5-12,17,24H,13-16H2,1-4H3,(H,28,33)(H,29,30,32)/t17-/m0/s1. The Morgan fingerprint density at radius 1 is 1.08 bits per heavy atom. The first kappa shape index (κ1) is 26.4. The summed E-state index contributed by atoms with van der Waals surface area (Å²) in [4.78, 5) is 31.0. The van der Waals surface area contributed by atoms with Crippen LogP contribution in [-0.4, -0.2) is 56.3 Å². The van der Waals surface area contributed by atoms with Gasteiger partial charge in [0, 0.05) is 19.7 Å². The first-order valence-electron chi connectivity index (χ1n) is 12.1. The van der Waals surface area contributed by atoms with Gasteiger partial charge in [-0.15, -0.1) is 0 Å². The predicted molar refractivity (Wildman–Crippen MR) is 144 cm³/mol. The molecule has 3 aromatic rings. The highest BCUT2D eigenvalue weighted by atomic mass is 32.1. The maximum Gasteiger partial charge on any atom is 0.263 e. The molecule has 1 aliphatic rings. The van der Waals surface area contributed by atoms with Gasteiger partial charge in [-0.05, 0) is 55.8 Å². The zero-order valence-electron chi connectivity index (χ0n) is 21.4. The molecule has 1 aliphatic heterocycles. The first-order valence-corrected chi connectivity index (χ1v) is 12.9. The minimum absolute atomic E-state index is 0.128. The van der Waals surface area contributed by atoms with Crippen molar-refractivity contribution < 1.29 is 23.8 Å². The third-order valence-corrected chi connectivity index (χ3v) is 6.99. The highest BCUT2D eigenvalue weighted by molar-refractivity contribution is 7.17. The lowest BCUT2D eigenvalue weighted by Gasteiger charge is -2.40. The number of nitrogens with zero attached hydrogens (tertiary/aromatic N) is 2. The van der Waals surface area contributed by atoms with Gasteiger partial charge >= 0.3 is 0 Å². The van der Waals surface area contributed by atoms with Crippen LogP contribution in [-0.2, 0) is 9.53 Å². The number of thiazole rings is 1. The Morgan fingerprint density at radius 3 is 2.41 bits per heavy atom. The van der Waals surface area contributed by atoms with Crippen LogP contribution < -0.4 is 25.0 Å². The molecule has 2 heterocycles. The number of hydrogen-bond acceptors (Lipinski definition) is 8. The fourth-order valence-electron chi connectivity index (χ4n) is 3.90. The Kier molecular flexibility index (Phi) is 8.62. The van der Waals surface area contributed by atoms with Gasteiger partial charge < -0.3 is 29.7 Å². The average molecular weight is 525 g/mol. The van der Waals surface area contributed by atoms with E-state index in [2.05, 4.69) is 32.7 Å². The van der Waals surface area contributed by atoms with Crippen LogP contribution in [0.3, 0.4) is 0 Å². The Hall–Kier alpha value is -3.63. The molecule has 0 spiro atoms. The second-order valence-corrected chi connectivity index (χ2v) is 9.86. The first-order chi connectivity index (χ1) is 17.8. The van der Waals surface area contributed by atoms with E-state index in [-0.39, 0.29) is 24.0 Å². The summed E-state index contributed by atoms with van der Waals surface area (Å²) in [5.41, 5.74) is 2.71. The van der Waals surface area contributed by atoms with E-state index in [1.54, 1.807) is 14.0 Å². The molecule has 1 atom stereocenters. The Morgan fingerprint density at radius 2 is 1.76 bits per heavy atom. The number of aromatic nitrogens is 1. The molecule has 1 aromatic heterocycles. The number of aryl methyl sites for hydroxylation is 1. The highest BCUT2D eigenvalue weighted by Gasteiger charge is 2.29. The largest absolute Gasteiger partial charge is 0.491 e. The van der Waals surface area contributed by atoms with Gasteiger partial charge in [-0.2, -0.15) is 0 Å². The fourth-order valence-corrected chi connectivity index (χ4v) is 4.82. The molecular formula is C27H32N4O5S. The van der Waals surface area contributed by atoms with Crippen LogP contribution in [0.1, 0.15) is 40.8 Å². The smallest absolute Gasteiger partial charge is 0.263 e. The minimum Gasteiger partial charge on any atom is -0.491 e. The lowest BCUT2D eigenvalue weighted by molar-refractivity contribution is -0.114. The molecule has 10 heteroatoms. The minimum atomic E-state index is -0.215. The monoisotopic (exact) mass is 524 g/mol. The lowest BCUT2D eigenvalue weighted by atomic mass is 10.1. The normalized spacial score (nSPS) is 14.0. The average Bonchev–Trinajstić information content (AvgIpc) is 3.21. The van der Waals surface area contributed by atoms with E-state index in [9.17, 15) is 9.59 Å². The number of benzene rings is 2. The molecule has 2 amide bonds. The molecule has 1 fully saturated rings. The van der Waals surface area contributed by atoms with Crippen LogP contribution in [0.2, 0.25) is 0 Å². The summed E-state index contributed by atoms with van der Waals surface area (Å²) in [7, 11) is 1.65. The van der Waals surface area contributed by atoms with Gasteiger partial charge in [0.25, 0.3) is 5.91 Å². The number of nitrogens with one attached hydrogen (secondary N) is 2. The van der Waals surface area contributed by atoms with E-state index >= 15 is 0 Å². The molecule has 0 saturated carbocycles. The Bertz CT molecular complexity index is 1210. The van der Waals surface area contributed by atoms with Gasteiger partial charge in [-0.1, -0.05) is 23.5 Å². The van der Waals surface area contributed by atoms with Crippen molar-refractivity contribution in [3.63, 3.8) is 0 Å². The van der Waals surface area contributed by atoms with Crippen molar-refractivity contribution in [2.75, 3.05) is 43.6 Å². The summed E-state index contributed by atoms with van der Waals surface area (Å²) in [6.45, 7) is 7.80. The van der Waals surface area contributed by atoms with Crippen LogP contribution in [0.25, 0.3) is 0 Å². The van der Waals surface area contributed by atoms with Crippen LogP contribution in [0.4, 0.5) is 10.8 Å². The molecular weight excluding hydrogens is 492 g/mol. The third kappa shape index (κ3) is 6.99. The molecule has 0 aliphatic carbocycles. The summed E-state index contributed by atoms with van der Waals surface area (Å²) in [6.07, 6.45) is 0.128. The number of carbonyl (C=O) groups excluding carboxylic acids is 2. The Labute approximate surface area is 220 Å². The number of hydrogen-bond donors (Lipinski definition) is 2. The van der Waals surface area contributed by atoms with Crippen molar-refractivity contribution in [3.8, 4) is 11.5 Å². The van der Waals surface area contributed by atoms with Crippen molar-refractivity contribution in [1.82, 2.24) is 10.3 Å². The highest BCUT2D eigenvalue weighted by Crippen LogP contribution is 2.28. The van der Waals surface area contributed by atoms with E-state index in [1.165, 1.54) is 18.3 Å². The predicted octanol–water partition coefficient (Wildman–Crippen LogP) is 4.19. The zero-order chi connectivity index (χ0) is 26.4. The van der Waals surface area contributed by atoms with Crippen molar-refractivity contribution in [2.24, 2.45) is 0 Å². The SMILES string of the molecule is COCCOc1ccc(OC2CN(c3ccc([C@H](C)NC(=O)c4sc(NC(C)=O)nc4C)cc3)C2)cc1. The molecule has 37 heavy (non-hydrogen) atoms. The molecule has 0 radical (unpaired) electrons. The number of methoxy groups -OCH3 is 1. The topological polar surface area (TPSA) is 102 Å². The summed E-state index contributed by atoms with van der Waals surface area (Å²) in [6, 6.07) is 15.6. The Balaban J connectivity index is 1.24. The zero-order valence-corrected chi connectivity index (χ0v) is 22.3. The summed E-state index contributed by atoms with van der Waals surface area (Å²) in [5.74, 6) is 1.19. The van der Waals surface area contributed by atoms with Crippen molar-refractivity contribution in [1.29, 1.82) is 0 Å². The molecule has 0 unspecified atom stereocenters. The summed E-state index contributed by atoms with van der Waals surface area (Å²) < 4.78 is 16.6. The maximum atomic E-state index is 12.8. The number of ether oxygens (including phenoxy) is 3. The van der Waals surface area contributed by atoms with Crippen molar-refractivity contribution in [3.05, 3.63) is 64.7 Å². The van der Waals surface area contributed by atoms with Gasteiger partial charge in [0.15, 0.2) is 5.13 Å². The molecule has 1 saturated heterocycles. The summed E-state index contributed by atoms with van der Waals surface area (Å²) in [5, 5.41) is 6.07. The van der Waals surface area contributed by atoms with E-state index in [4.69, 9.17) is 14.2 Å². The lowest BCUT2D eigenvalue weighted by Crippen LogP contribution is -2.54. The number of rotatable bonds is 11. The molecule has 9 nitrogen and oxygen atoms in total. The summed E-state index contributed by atoms with van der Waals surface area (Å²) >= 11 is 1.17. The third-order valence-electron chi connectivity index (χ3n) is 5.92. The van der Waals surface area contributed by atoms with Crippen LogP contribution >= 0.6 is 11.3 Å².